The van der Waals surface area contributed by atoms with Crippen LogP contribution in [0.5, 0.6) is 0 Å². The molecule has 0 aliphatic carbocycles. The summed E-state index contributed by atoms with van der Waals surface area (Å²) in [4.78, 5) is 19.1. The van der Waals surface area contributed by atoms with Gasteiger partial charge in [-0.2, -0.15) is 0 Å². The largest absolute Gasteiger partial charge is 0.366 e. The molecule has 0 saturated carbocycles. The number of nitrogens with one attached hydrogen (secondary N) is 1. The molecule has 1 aliphatic heterocycles. The van der Waals surface area contributed by atoms with E-state index in [1.807, 2.05) is 12.4 Å². The number of hydrogen-bond donors (Lipinski definition) is 1. The zero-order valence-electron chi connectivity index (χ0n) is 10.1. The first-order valence-electron chi connectivity index (χ1n) is 5.64. The van der Waals surface area contributed by atoms with Crippen molar-refractivity contribution in [1.29, 1.82) is 0 Å². The van der Waals surface area contributed by atoms with Crippen LogP contribution in [0.15, 0.2) is 5.51 Å². The summed E-state index contributed by atoms with van der Waals surface area (Å²) in [6.45, 7) is 4.59. The van der Waals surface area contributed by atoms with Gasteiger partial charge < -0.3 is 15.0 Å². The zero-order chi connectivity index (χ0) is 12.3. The highest BCUT2D eigenvalue weighted by molar-refractivity contribution is 7.09. The van der Waals surface area contributed by atoms with Crippen molar-refractivity contribution >= 4 is 17.2 Å². The number of aryl methyl sites for hydroxylation is 1. The second kappa shape index (κ2) is 5.57. The van der Waals surface area contributed by atoms with Gasteiger partial charge in [0, 0.05) is 25.0 Å². The molecule has 0 bridgehead atoms. The Balaban J connectivity index is 1.93. The lowest BCUT2D eigenvalue weighted by atomic mass is 10.2. The smallest absolute Gasteiger partial charge is 0.253 e. The van der Waals surface area contributed by atoms with E-state index in [9.17, 15) is 4.79 Å². The molecule has 5 nitrogen and oxygen atoms in total. The van der Waals surface area contributed by atoms with Crippen LogP contribution in [-0.2, 0) is 16.1 Å². The number of carbonyl (C=O) groups is 1. The summed E-state index contributed by atoms with van der Waals surface area (Å²) in [6, 6.07) is 0. The number of nitrogens with zero attached hydrogens (tertiary/aromatic N) is 2. The zero-order valence-corrected chi connectivity index (χ0v) is 10.9. The Bertz CT molecular complexity index is 388. The number of carbonyl (C=O) groups excluding carboxylic acids is 1. The van der Waals surface area contributed by atoms with Crippen LogP contribution in [0.1, 0.15) is 10.6 Å². The molecule has 1 N–H and O–H groups in total. The van der Waals surface area contributed by atoms with Gasteiger partial charge in [-0.3, -0.25) is 4.79 Å². The van der Waals surface area contributed by atoms with E-state index in [1.165, 1.54) is 0 Å². The lowest BCUT2D eigenvalue weighted by molar-refractivity contribution is -0.144. The molecule has 1 saturated heterocycles. The summed E-state index contributed by atoms with van der Waals surface area (Å²) in [5.74, 6) is 0.0324. The molecule has 94 valence electrons. The standard InChI is InChI=1S/C11H17N3O2S/c1-8-10(17-7-13-8)6-14(2)11(15)9-5-12-3-4-16-9/h7,9,12H,3-6H2,1-2H3. The van der Waals surface area contributed by atoms with Crippen LogP contribution >= 0.6 is 11.3 Å². The van der Waals surface area contributed by atoms with Crippen LogP contribution in [-0.4, -0.2) is 48.6 Å². The molecule has 0 spiro atoms. The molecule has 0 radical (unpaired) electrons. The van der Waals surface area contributed by atoms with Gasteiger partial charge in [-0.15, -0.1) is 11.3 Å². The maximum absolute atomic E-state index is 12.1. The minimum Gasteiger partial charge on any atom is -0.366 e. The molecule has 1 fully saturated rings. The number of amides is 1. The third-order valence-electron chi connectivity index (χ3n) is 2.80. The minimum absolute atomic E-state index is 0.0324. The predicted octanol–water partition coefficient (Wildman–Crippen LogP) is 0.398. The molecule has 1 atom stereocenters. The van der Waals surface area contributed by atoms with Crippen LogP contribution in [0.2, 0.25) is 0 Å². The third kappa shape index (κ3) is 3.02. The van der Waals surface area contributed by atoms with Crippen molar-refractivity contribution < 1.29 is 9.53 Å². The Hall–Kier alpha value is -0.980. The fraction of sp³-hybridized carbons (Fsp3) is 0.636. The second-order valence-electron chi connectivity index (χ2n) is 4.12. The first kappa shape index (κ1) is 12.5. The van der Waals surface area contributed by atoms with Crippen molar-refractivity contribution in [1.82, 2.24) is 15.2 Å². The maximum Gasteiger partial charge on any atom is 0.253 e. The number of likely N-dealkylation sites (N-methyl/N-ethyl adjacent to an activating group) is 1. The van der Waals surface area contributed by atoms with E-state index in [-0.39, 0.29) is 12.0 Å². The van der Waals surface area contributed by atoms with Gasteiger partial charge in [0.05, 0.1) is 24.4 Å². The number of rotatable bonds is 3. The fourth-order valence-corrected chi connectivity index (χ4v) is 2.57. The van der Waals surface area contributed by atoms with Crippen LogP contribution in [0, 0.1) is 6.92 Å². The normalized spacial score (nSPS) is 20.2. The fourth-order valence-electron chi connectivity index (χ4n) is 1.74. The predicted molar refractivity (Wildman–Crippen MR) is 65.9 cm³/mol. The molecule has 2 rings (SSSR count). The number of hydrogen-bond acceptors (Lipinski definition) is 5. The van der Waals surface area contributed by atoms with Gasteiger partial charge in [0.2, 0.25) is 0 Å². The summed E-state index contributed by atoms with van der Waals surface area (Å²) >= 11 is 1.58. The number of morpholine rings is 1. The summed E-state index contributed by atoms with van der Waals surface area (Å²) in [7, 11) is 1.81. The van der Waals surface area contributed by atoms with E-state index in [0.717, 1.165) is 17.1 Å². The van der Waals surface area contributed by atoms with Crippen molar-refractivity contribution in [2.24, 2.45) is 0 Å². The topological polar surface area (TPSA) is 54.5 Å². The Morgan fingerprint density at radius 2 is 2.59 bits per heavy atom. The van der Waals surface area contributed by atoms with E-state index in [0.29, 0.717) is 19.7 Å². The van der Waals surface area contributed by atoms with Gasteiger partial charge in [-0.05, 0) is 6.92 Å². The monoisotopic (exact) mass is 255 g/mol. The molecular formula is C11H17N3O2S. The molecule has 1 aromatic rings. The highest BCUT2D eigenvalue weighted by Crippen LogP contribution is 2.15. The highest BCUT2D eigenvalue weighted by Gasteiger charge is 2.25. The van der Waals surface area contributed by atoms with Gasteiger partial charge >= 0.3 is 0 Å². The van der Waals surface area contributed by atoms with Crippen molar-refractivity contribution in [2.45, 2.75) is 19.6 Å². The number of ether oxygens (including phenoxy) is 1. The minimum atomic E-state index is -0.345. The third-order valence-corrected chi connectivity index (χ3v) is 3.72. The first-order valence-corrected chi connectivity index (χ1v) is 6.52. The molecule has 0 aromatic carbocycles. The van der Waals surface area contributed by atoms with E-state index >= 15 is 0 Å². The summed E-state index contributed by atoms with van der Waals surface area (Å²) in [5.41, 5.74) is 2.80. The Morgan fingerprint density at radius 1 is 1.76 bits per heavy atom. The lowest BCUT2D eigenvalue weighted by Crippen LogP contribution is -2.48. The van der Waals surface area contributed by atoms with Gasteiger partial charge in [-0.1, -0.05) is 0 Å². The van der Waals surface area contributed by atoms with E-state index in [1.54, 1.807) is 23.3 Å². The molecule has 6 heteroatoms. The molecule has 17 heavy (non-hydrogen) atoms. The summed E-state index contributed by atoms with van der Waals surface area (Å²) < 4.78 is 5.44. The van der Waals surface area contributed by atoms with Crippen molar-refractivity contribution in [3.63, 3.8) is 0 Å². The van der Waals surface area contributed by atoms with Crippen molar-refractivity contribution in [3.8, 4) is 0 Å². The van der Waals surface area contributed by atoms with Crippen LogP contribution in [0.4, 0.5) is 0 Å². The summed E-state index contributed by atoms with van der Waals surface area (Å²) in [5, 5.41) is 3.16. The van der Waals surface area contributed by atoms with Crippen molar-refractivity contribution in [3.05, 3.63) is 16.1 Å². The molecule has 2 heterocycles. The Labute approximate surface area is 105 Å². The van der Waals surface area contributed by atoms with Gasteiger partial charge in [-0.25, -0.2) is 4.98 Å². The van der Waals surface area contributed by atoms with Crippen LogP contribution < -0.4 is 5.32 Å². The van der Waals surface area contributed by atoms with Gasteiger partial charge in [0.25, 0.3) is 5.91 Å². The maximum atomic E-state index is 12.1. The van der Waals surface area contributed by atoms with Gasteiger partial charge in [0.1, 0.15) is 6.10 Å². The van der Waals surface area contributed by atoms with Gasteiger partial charge in [0.15, 0.2) is 0 Å². The first-order chi connectivity index (χ1) is 8.18. The van der Waals surface area contributed by atoms with Crippen molar-refractivity contribution in [2.75, 3.05) is 26.7 Å². The van der Waals surface area contributed by atoms with Crippen LogP contribution in [0.25, 0.3) is 0 Å². The molecule has 1 aromatic heterocycles. The highest BCUT2D eigenvalue weighted by atomic mass is 32.1. The van der Waals surface area contributed by atoms with Crippen LogP contribution in [0.3, 0.4) is 0 Å². The summed E-state index contributed by atoms with van der Waals surface area (Å²) in [6.07, 6.45) is -0.345. The number of thiazole rings is 1. The SMILES string of the molecule is Cc1ncsc1CN(C)C(=O)C1CNCCO1. The van der Waals surface area contributed by atoms with E-state index < -0.39 is 0 Å². The average molecular weight is 255 g/mol. The quantitative estimate of drug-likeness (QED) is 0.849. The molecule has 1 aliphatic rings. The average Bonchev–Trinajstić information content (AvgIpc) is 2.75. The molecule has 1 amide bonds. The number of aromatic nitrogens is 1. The van der Waals surface area contributed by atoms with E-state index in [2.05, 4.69) is 10.3 Å². The Morgan fingerprint density at radius 3 is 3.18 bits per heavy atom. The lowest BCUT2D eigenvalue weighted by Gasteiger charge is -2.27. The molecular weight excluding hydrogens is 238 g/mol. The molecule has 1 unspecified atom stereocenters. The Kier molecular flexibility index (Phi) is 4.09. The second-order valence-corrected chi connectivity index (χ2v) is 5.06. The van der Waals surface area contributed by atoms with E-state index in [4.69, 9.17) is 4.74 Å².